The van der Waals surface area contributed by atoms with Crippen LogP contribution in [-0.2, 0) is 4.79 Å². The molecule has 1 aromatic rings. The molecule has 1 saturated carbocycles. The van der Waals surface area contributed by atoms with Crippen LogP contribution < -0.4 is 5.32 Å². The first-order valence-corrected chi connectivity index (χ1v) is 8.42. The highest BCUT2D eigenvalue weighted by molar-refractivity contribution is 6.15. The van der Waals surface area contributed by atoms with Gasteiger partial charge in [0.15, 0.2) is 5.78 Å². The van der Waals surface area contributed by atoms with Gasteiger partial charge in [0.2, 0.25) is 0 Å². The Bertz CT molecular complexity index is 632. The van der Waals surface area contributed by atoms with Crippen molar-refractivity contribution >= 4 is 12.0 Å². The van der Waals surface area contributed by atoms with Gasteiger partial charge in [-0.2, -0.15) is 0 Å². The second kappa shape index (κ2) is 5.71. The molecule has 0 aromatic heterocycles. The molecule has 3 aliphatic rings. The number of carbonyl (C=O) groups is 1. The van der Waals surface area contributed by atoms with E-state index in [0.29, 0.717) is 24.4 Å². The zero-order chi connectivity index (χ0) is 14.9. The van der Waals surface area contributed by atoms with Gasteiger partial charge in [-0.05, 0) is 30.7 Å². The average Bonchev–Trinajstić information content (AvgIpc) is 2.75. The van der Waals surface area contributed by atoms with E-state index in [0.717, 1.165) is 24.1 Å². The van der Waals surface area contributed by atoms with E-state index in [1.54, 1.807) is 0 Å². The van der Waals surface area contributed by atoms with Crippen LogP contribution in [0.1, 0.15) is 50.0 Å². The topological polar surface area (TPSA) is 41.5 Å². The van der Waals surface area contributed by atoms with E-state index in [-0.39, 0.29) is 5.78 Å². The molecule has 0 saturated heterocycles. The Balaban J connectivity index is 1.62. The standard InChI is InChI=1S/C19H22N2O/c22-19-11-14(13-6-2-1-3-7-13)10-18-15(19)12-20-16-8-4-5-9-17(16)21-18/h1-3,6-7,12,14,16-17,21H,4-5,8-11H2/t14-,16-,17+/m1/s1. The maximum Gasteiger partial charge on any atom is 0.166 e. The molecular weight excluding hydrogens is 272 g/mol. The number of hydrogen-bond donors (Lipinski definition) is 1. The summed E-state index contributed by atoms with van der Waals surface area (Å²) in [6.45, 7) is 0. The summed E-state index contributed by atoms with van der Waals surface area (Å²) in [7, 11) is 0. The highest BCUT2D eigenvalue weighted by Gasteiger charge is 2.33. The minimum absolute atomic E-state index is 0.241. The van der Waals surface area contributed by atoms with Crippen molar-refractivity contribution in [3.63, 3.8) is 0 Å². The molecule has 0 unspecified atom stereocenters. The number of allylic oxidation sites excluding steroid dienone is 2. The van der Waals surface area contributed by atoms with Crippen LogP contribution in [0, 0.1) is 0 Å². The molecule has 1 heterocycles. The fourth-order valence-electron chi connectivity index (χ4n) is 4.03. The molecule has 0 spiro atoms. The second-order valence-corrected chi connectivity index (χ2v) is 6.71. The molecule has 3 atom stereocenters. The number of carbonyl (C=O) groups excluding carboxylic acids is 1. The average molecular weight is 294 g/mol. The number of aliphatic imine (C=N–C) groups is 1. The van der Waals surface area contributed by atoms with Crippen molar-refractivity contribution in [2.75, 3.05) is 0 Å². The summed E-state index contributed by atoms with van der Waals surface area (Å²) in [5, 5.41) is 3.68. The van der Waals surface area contributed by atoms with Crippen molar-refractivity contribution in [3.8, 4) is 0 Å². The van der Waals surface area contributed by atoms with Crippen LogP contribution in [0.15, 0.2) is 46.6 Å². The zero-order valence-electron chi connectivity index (χ0n) is 12.8. The first-order valence-electron chi connectivity index (χ1n) is 8.42. The van der Waals surface area contributed by atoms with Crippen molar-refractivity contribution < 1.29 is 4.79 Å². The van der Waals surface area contributed by atoms with Crippen LogP contribution in [0.4, 0.5) is 0 Å². The third-order valence-corrected chi connectivity index (χ3v) is 5.26. The predicted octanol–water partition coefficient (Wildman–Crippen LogP) is 3.37. The fourth-order valence-corrected chi connectivity index (χ4v) is 4.03. The van der Waals surface area contributed by atoms with Gasteiger partial charge in [0.05, 0.1) is 11.6 Å². The Morgan fingerprint density at radius 1 is 1.05 bits per heavy atom. The number of ketones is 1. The normalized spacial score (nSPS) is 31.1. The van der Waals surface area contributed by atoms with E-state index in [1.807, 2.05) is 12.3 Å². The zero-order valence-corrected chi connectivity index (χ0v) is 12.8. The van der Waals surface area contributed by atoms with Crippen LogP contribution >= 0.6 is 0 Å². The first-order chi connectivity index (χ1) is 10.8. The van der Waals surface area contributed by atoms with Crippen LogP contribution in [0.25, 0.3) is 0 Å². The van der Waals surface area contributed by atoms with Crippen LogP contribution in [0.3, 0.4) is 0 Å². The Kier molecular flexibility index (Phi) is 3.57. The van der Waals surface area contributed by atoms with Crippen LogP contribution in [0.5, 0.6) is 0 Å². The Hall–Kier alpha value is -1.90. The van der Waals surface area contributed by atoms with E-state index >= 15 is 0 Å². The maximum atomic E-state index is 12.6. The van der Waals surface area contributed by atoms with E-state index in [2.05, 4.69) is 29.6 Å². The smallest absolute Gasteiger partial charge is 0.166 e. The summed E-state index contributed by atoms with van der Waals surface area (Å²) < 4.78 is 0. The molecule has 0 bridgehead atoms. The molecule has 22 heavy (non-hydrogen) atoms. The number of rotatable bonds is 1. The number of nitrogens with one attached hydrogen (secondary N) is 1. The van der Waals surface area contributed by atoms with Crippen molar-refractivity contribution in [1.82, 2.24) is 5.32 Å². The lowest BCUT2D eigenvalue weighted by atomic mass is 9.81. The molecule has 1 aliphatic heterocycles. The van der Waals surface area contributed by atoms with Gasteiger partial charge in [0.25, 0.3) is 0 Å². The lowest BCUT2D eigenvalue weighted by molar-refractivity contribution is -0.115. The number of nitrogens with zero attached hydrogens (tertiary/aromatic N) is 1. The number of benzene rings is 1. The van der Waals surface area contributed by atoms with Gasteiger partial charge >= 0.3 is 0 Å². The van der Waals surface area contributed by atoms with E-state index in [4.69, 9.17) is 4.99 Å². The van der Waals surface area contributed by atoms with Crippen molar-refractivity contribution in [3.05, 3.63) is 47.2 Å². The van der Waals surface area contributed by atoms with Gasteiger partial charge in [-0.3, -0.25) is 9.79 Å². The first kappa shape index (κ1) is 13.7. The molecular formula is C19H22N2O. The quantitative estimate of drug-likeness (QED) is 0.862. The Morgan fingerprint density at radius 2 is 1.86 bits per heavy atom. The van der Waals surface area contributed by atoms with Gasteiger partial charge in [0.1, 0.15) is 0 Å². The van der Waals surface area contributed by atoms with Gasteiger partial charge in [-0.25, -0.2) is 0 Å². The largest absolute Gasteiger partial charge is 0.383 e. The summed E-state index contributed by atoms with van der Waals surface area (Å²) in [6.07, 6.45) is 8.23. The van der Waals surface area contributed by atoms with Gasteiger partial charge in [-0.1, -0.05) is 43.2 Å². The lowest BCUT2D eigenvalue weighted by Gasteiger charge is -2.32. The summed E-state index contributed by atoms with van der Waals surface area (Å²) in [5.74, 6) is 0.540. The molecule has 0 amide bonds. The lowest BCUT2D eigenvalue weighted by Crippen LogP contribution is -2.41. The number of Topliss-reactive ketones (excluding diaryl/α,β-unsaturated/α-hetero) is 1. The SMILES string of the molecule is O=C1C[C@H](c2ccccc2)CC2=C1C=N[C@@H]1CCCC[C@@H]1N2. The second-order valence-electron chi connectivity index (χ2n) is 6.71. The van der Waals surface area contributed by atoms with E-state index in [1.165, 1.54) is 24.8 Å². The maximum absolute atomic E-state index is 12.6. The monoisotopic (exact) mass is 294 g/mol. The highest BCUT2D eigenvalue weighted by Crippen LogP contribution is 2.35. The van der Waals surface area contributed by atoms with Gasteiger partial charge in [0, 0.05) is 24.4 Å². The molecule has 1 aromatic carbocycles. The fraction of sp³-hybridized carbons (Fsp3) is 0.474. The number of fused-ring (bicyclic) bond motifs is 1. The highest BCUT2D eigenvalue weighted by atomic mass is 16.1. The molecule has 114 valence electrons. The molecule has 1 fully saturated rings. The Morgan fingerprint density at radius 3 is 2.73 bits per heavy atom. The summed E-state index contributed by atoms with van der Waals surface area (Å²) in [6, 6.07) is 11.2. The summed E-state index contributed by atoms with van der Waals surface area (Å²) >= 11 is 0. The number of hydrogen-bond acceptors (Lipinski definition) is 3. The minimum atomic E-state index is 0.241. The summed E-state index contributed by atoms with van der Waals surface area (Å²) in [4.78, 5) is 17.3. The predicted molar refractivity (Wildman–Crippen MR) is 88.1 cm³/mol. The summed E-state index contributed by atoms with van der Waals surface area (Å²) in [5.41, 5.74) is 3.23. The van der Waals surface area contributed by atoms with Crippen molar-refractivity contribution in [2.45, 2.75) is 56.5 Å². The molecule has 3 heteroatoms. The third-order valence-electron chi connectivity index (χ3n) is 5.26. The van der Waals surface area contributed by atoms with Crippen molar-refractivity contribution in [1.29, 1.82) is 0 Å². The van der Waals surface area contributed by atoms with E-state index < -0.39 is 0 Å². The molecule has 2 aliphatic carbocycles. The molecule has 3 nitrogen and oxygen atoms in total. The van der Waals surface area contributed by atoms with Crippen molar-refractivity contribution in [2.24, 2.45) is 4.99 Å². The third kappa shape index (κ3) is 2.49. The molecule has 4 rings (SSSR count). The van der Waals surface area contributed by atoms with Gasteiger partial charge in [-0.15, -0.1) is 0 Å². The molecule has 0 radical (unpaired) electrons. The van der Waals surface area contributed by atoms with E-state index in [9.17, 15) is 4.79 Å². The Labute approximate surface area is 131 Å². The van der Waals surface area contributed by atoms with Gasteiger partial charge < -0.3 is 5.32 Å². The minimum Gasteiger partial charge on any atom is -0.383 e. The van der Waals surface area contributed by atoms with Crippen LogP contribution in [-0.4, -0.2) is 24.1 Å². The van der Waals surface area contributed by atoms with Crippen LogP contribution in [0.2, 0.25) is 0 Å². The molecule has 1 N–H and O–H groups in total.